The van der Waals surface area contributed by atoms with Crippen LogP contribution in [0, 0.1) is 6.92 Å². The zero-order valence-electron chi connectivity index (χ0n) is 11.8. The summed E-state index contributed by atoms with van der Waals surface area (Å²) in [5.41, 5.74) is 2.23. The number of aryl methyl sites for hydroxylation is 1. The second-order valence-corrected chi connectivity index (χ2v) is 5.89. The Morgan fingerprint density at radius 2 is 1.74 bits per heavy atom. The van der Waals surface area contributed by atoms with Gasteiger partial charge in [-0.2, -0.15) is 5.10 Å². The third-order valence-electron chi connectivity index (χ3n) is 3.96. The first-order chi connectivity index (χ1) is 8.80. The molecule has 0 saturated carbocycles. The number of hydrogen-bond acceptors (Lipinski definition) is 5. The molecule has 3 rings (SSSR count). The SMILES string of the molecule is Cc1nc(B2OC(C)(C)C(C)(C)O2)nc2cn[nH]c12. The van der Waals surface area contributed by atoms with Crippen molar-refractivity contribution in [2.24, 2.45) is 0 Å². The van der Waals surface area contributed by atoms with Crippen molar-refractivity contribution in [1.82, 2.24) is 20.2 Å². The van der Waals surface area contributed by atoms with Crippen LogP contribution in [0.3, 0.4) is 0 Å². The molecule has 100 valence electrons. The van der Waals surface area contributed by atoms with Gasteiger partial charge in [0.2, 0.25) is 0 Å². The van der Waals surface area contributed by atoms with E-state index in [0.717, 1.165) is 16.7 Å². The van der Waals surface area contributed by atoms with Gasteiger partial charge in [-0.15, -0.1) is 0 Å². The van der Waals surface area contributed by atoms with Crippen LogP contribution >= 0.6 is 0 Å². The number of aromatic nitrogens is 4. The molecule has 1 aliphatic heterocycles. The predicted molar refractivity (Wildman–Crippen MR) is 72.1 cm³/mol. The number of nitrogens with zero attached hydrogens (tertiary/aromatic N) is 3. The highest BCUT2D eigenvalue weighted by Gasteiger charge is 2.53. The molecule has 1 saturated heterocycles. The van der Waals surface area contributed by atoms with Crippen LogP contribution in [0.25, 0.3) is 11.0 Å². The summed E-state index contributed by atoms with van der Waals surface area (Å²) in [4.78, 5) is 8.91. The highest BCUT2D eigenvalue weighted by atomic mass is 16.7. The van der Waals surface area contributed by atoms with E-state index in [1.54, 1.807) is 6.20 Å². The van der Waals surface area contributed by atoms with E-state index in [2.05, 4.69) is 20.2 Å². The number of aromatic amines is 1. The van der Waals surface area contributed by atoms with Crippen LogP contribution in [0.2, 0.25) is 0 Å². The van der Waals surface area contributed by atoms with Gasteiger partial charge in [0.15, 0.2) is 5.72 Å². The maximum absolute atomic E-state index is 5.95. The van der Waals surface area contributed by atoms with Gasteiger partial charge in [0.25, 0.3) is 0 Å². The molecule has 0 radical (unpaired) electrons. The molecule has 2 aromatic heterocycles. The van der Waals surface area contributed by atoms with Crippen molar-refractivity contribution < 1.29 is 9.31 Å². The highest BCUT2D eigenvalue weighted by Crippen LogP contribution is 2.36. The minimum atomic E-state index is -0.539. The predicted octanol–water partition coefficient (Wildman–Crippen LogP) is 0.961. The molecule has 1 fully saturated rings. The summed E-state index contributed by atoms with van der Waals surface area (Å²) in [6, 6.07) is 0. The van der Waals surface area contributed by atoms with E-state index in [-0.39, 0.29) is 11.2 Å². The number of nitrogens with one attached hydrogen (secondary N) is 1. The quantitative estimate of drug-likeness (QED) is 0.773. The standard InChI is InChI=1S/C12H17BN4O2/c1-7-9-8(6-14-17-9)16-10(15-7)13-18-11(2,3)12(4,5)19-13/h6H,1-5H3,(H,14,17). The summed E-state index contributed by atoms with van der Waals surface area (Å²) in [5, 5.41) is 6.86. The fourth-order valence-corrected chi connectivity index (χ4v) is 2.06. The van der Waals surface area contributed by atoms with E-state index < -0.39 is 7.12 Å². The normalized spacial score (nSPS) is 21.2. The Balaban J connectivity index is 2.02. The van der Waals surface area contributed by atoms with Crippen LogP contribution in [0.1, 0.15) is 33.4 Å². The van der Waals surface area contributed by atoms with Crippen molar-refractivity contribution in [1.29, 1.82) is 0 Å². The maximum Gasteiger partial charge on any atom is 0.534 e. The summed E-state index contributed by atoms with van der Waals surface area (Å²) >= 11 is 0. The van der Waals surface area contributed by atoms with E-state index in [4.69, 9.17) is 9.31 Å². The van der Waals surface area contributed by atoms with Gasteiger partial charge in [0.1, 0.15) is 11.0 Å². The number of H-pyrrole nitrogens is 1. The third-order valence-corrected chi connectivity index (χ3v) is 3.96. The zero-order valence-corrected chi connectivity index (χ0v) is 11.8. The Morgan fingerprint density at radius 3 is 2.37 bits per heavy atom. The topological polar surface area (TPSA) is 72.9 Å². The monoisotopic (exact) mass is 260 g/mol. The second-order valence-electron chi connectivity index (χ2n) is 5.89. The van der Waals surface area contributed by atoms with E-state index in [1.165, 1.54) is 0 Å². The van der Waals surface area contributed by atoms with Crippen LogP contribution in [-0.4, -0.2) is 38.5 Å². The zero-order chi connectivity index (χ0) is 13.8. The summed E-state index contributed by atoms with van der Waals surface area (Å²) in [5.74, 6) is 0. The Labute approximate surface area is 112 Å². The molecule has 1 aliphatic rings. The minimum Gasteiger partial charge on any atom is -0.397 e. The van der Waals surface area contributed by atoms with Gasteiger partial charge in [0.05, 0.1) is 23.1 Å². The van der Waals surface area contributed by atoms with Crippen molar-refractivity contribution >= 4 is 23.9 Å². The lowest BCUT2D eigenvalue weighted by Crippen LogP contribution is -2.41. The summed E-state index contributed by atoms with van der Waals surface area (Å²) in [6.45, 7) is 9.95. The molecule has 3 heterocycles. The van der Waals surface area contributed by atoms with Crippen molar-refractivity contribution in [3.8, 4) is 0 Å². The Bertz CT molecular complexity index is 622. The van der Waals surface area contributed by atoms with Gasteiger partial charge in [-0.3, -0.25) is 5.10 Å². The smallest absolute Gasteiger partial charge is 0.397 e. The summed E-state index contributed by atoms with van der Waals surface area (Å²) < 4.78 is 11.9. The van der Waals surface area contributed by atoms with Crippen molar-refractivity contribution in [3.63, 3.8) is 0 Å². The summed E-state index contributed by atoms with van der Waals surface area (Å²) in [7, 11) is -0.539. The summed E-state index contributed by atoms with van der Waals surface area (Å²) in [6.07, 6.45) is 1.68. The van der Waals surface area contributed by atoms with Crippen LogP contribution in [0.15, 0.2) is 6.20 Å². The Morgan fingerprint density at radius 1 is 1.11 bits per heavy atom. The fourth-order valence-electron chi connectivity index (χ4n) is 2.06. The van der Waals surface area contributed by atoms with Crippen LogP contribution in [0.4, 0.5) is 0 Å². The lowest BCUT2D eigenvalue weighted by molar-refractivity contribution is 0.00578. The molecule has 7 heteroatoms. The van der Waals surface area contributed by atoms with Crippen LogP contribution in [-0.2, 0) is 9.31 Å². The average Bonchev–Trinajstić information content (AvgIpc) is 2.82. The first-order valence-electron chi connectivity index (χ1n) is 6.33. The number of fused-ring (bicyclic) bond motifs is 1. The molecule has 0 spiro atoms. The van der Waals surface area contributed by atoms with Gasteiger partial charge in [-0.05, 0) is 34.6 Å². The molecule has 0 aliphatic carbocycles. The molecule has 0 atom stereocenters. The van der Waals surface area contributed by atoms with Gasteiger partial charge in [-0.25, -0.2) is 9.97 Å². The molecule has 0 bridgehead atoms. The second kappa shape index (κ2) is 3.77. The highest BCUT2D eigenvalue weighted by molar-refractivity contribution is 6.60. The first-order valence-corrected chi connectivity index (χ1v) is 6.33. The maximum atomic E-state index is 5.95. The van der Waals surface area contributed by atoms with Gasteiger partial charge in [-0.1, -0.05) is 0 Å². The van der Waals surface area contributed by atoms with Crippen LogP contribution < -0.4 is 5.72 Å². The lowest BCUT2D eigenvalue weighted by Gasteiger charge is -2.32. The molecule has 0 unspecified atom stereocenters. The molecule has 0 aromatic carbocycles. The fraction of sp³-hybridized carbons (Fsp3) is 0.583. The lowest BCUT2D eigenvalue weighted by atomic mass is 9.89. The van der Waals surface area contributed by atoms with Crippen molar-refractivity contribution in [2.45, 2.75) is 45.8 Å². The van der Waals surface area contributed by atoms with Crippen molar-refractivity contribution in [3.05, 3.63) is 11.9 Å². The molecular formula is C12H17BN4O2. The van der Waals surface area contributed by atoms with Gasteiger partial charge >= 0.3 is 7.12 Å². The molecule has 0 amide bonds. The van der Waals surface area contributed by atoms with Crippen molar-refractivity contribution in [2.75, 3.05) is 0 Å². The molecule has 6 nitrogen and oxygen atoms in total. The molecule has 1 N–H and O–H groups in total. The first kappa shape index (κ1) is 12.6. The Kier molecular flexibility index (Phi) is 2.49. The van der Waals surface area contributed by atoms with Gasteiger partial charge in [0, 0.05) is 0 Å². The number of rotatable bonds is 1. The third kappa shape index (κ3) is 1.84. The van der Waals surface area contributed by atoms with Gasteiger partial charge < -0.3 is 9.31 Å². The molecular weight excluding hydrogens is 243 g/mol. The number of hydrogen-bond donors (Lipinski definition) is 1. The minimum absolute atomic E-state index is 0.389. The van der Waals surface area contributed by atoms with E-state index in [9.17, 15) is 0 Å². The van der Waals surface area contributed by atoms with E-state index in [0.29, 0.717) is 5.72 Å². The largest absolute Gasteiger partial charge is 0.534 e. The van der Waals surface area contributed by atoms with Crippen LogP contribution in [0.5, 0.6) is 0 Å². The average molecular weight is 260 g/mol. The van der Waals surface area contributed by atoms with E-state index >= 15 is 0 Å². The Hall–Kier alpha value is -1.47. The van der Waals surface area contributed by atoms with E-state index in [1.807, 2.05) is 34.6 Å². The molecule has 2 aromatic rings. The molecule has 19 heavy (non-hydrogen) atoms.